The minimum atomic E-state index is -0.513. The van der Waals surface area contributed by atoms with E-state index in [9.17, 15) is 18.8 Å². The number of carbonyl (C=O) groups excluding carboxylic acids is 3. The minimum Gasteiger partial charge on any atom is -0.325 e. The Bertz CT molecular complexity index is 1360. The first-order valence-electron chi connectivity index (χ1n) is 10.7. The molecule has 2 heterocycles. The Hall–Kier alpha value is -3.65. The van der Waals surface area contributed by atoms with Crippen molar-refractivity contribution in [3.8, 4) is 5.69 Å². The zero-order valence-corrected chi connectivity index (χ0v) is 20.1. The van der Waals surface area contributed by atoms with E-state index in [4.69, 9.17) is 0 Å². The Morgan fingerprint density at radius 1 is 1.03 bits per heavy atom. The first-order chi connectivity index (χ1) is 16.1. The lowest BCUT2D eigenvalue weighted by atomic mass is 10.1. The molecule has 3 aromatic rings. The van der Waals surface area contributed by atoms with Crippen LogP contribution in [0.5, 0.6) is 0 Å². The predicted octanol–water partition coefficient (Wildman–Crippen LogP) is 5.53. The van der Waals surface area contributed by atoms with Gasteiger partial charge in [-0.2, -0.15) is 0 Å². The number of thioether (sulfide) groups is 1. The number of halogens is 1. The van der Waals surface area contributed by atoms with Crippen molar-refractivity contribution in [1.82, 2.24) is 9.47 Å². The molecule has 1 aliphatic heterocycles. The Labute approximate surface area is 201 Å². The number of carbonyl (C=O) groups is 3. The van der Waals surface area contributed by atoms with Crippen molar-refractivity contribution >= 4 is 40.6 Å². The summed E-state index contributed by atoms with van der Waals surface area (Å²) in [6, 6.07) is 13.6. The largest absolute Gasteiger partial charge is 0.325 e. The van der Waals surface area contributed by atoms with Crippen LogP contribution < -0.4 is 5.32 Å². The molecule has 1 saturated heterocycles. The summed E-state index contributed by atoms with van der Waals surface area (Å²) in [5.41, 5.74) is 5.83. The number of rotatable bonds is 5. The van der Waals surface area contributed by atoms with Gasteiger partial charge in [-0.25, -0.2) is 4.39 Å². The van der Waals surface area contributed by atoms with Gasteiger partial charge in [0.1, 0.15) is 12.4 Å². The summed E-state index contributed by atoms with van der Waals surface area (Å²) in [7, 11) is 0. The molecule has 4 rings (SSSR count). The van der Waals surface area contributed by atoms with Crippen molar-refractivity contribution in [3.05, 3.63) is 87.3 Å². The standard InChI is InChI=1S/C26H24FN3O3S/c1-15-8-9-21(10-16(15)2)28-24(31)14-29-25(32)23(34-26(29)33)12-19-11-17(3)30(18(19)4)22-7-5-6-20(27)13-22/h5-13H,14H2,1-4H3,(H,28,31)/b23-12-. The van der Waals surface area contributed by atoms with E-state index < -0.39 is 17.1 Å². The second-order valence-corrected chi connectivity index (χ2v) is 9.25. The van der Waals surface area contributed by atoms with Crippen molar-refractivity contribution in [2.45, 2.75) is 27.7 Å². The van der Waals surface area contributed by atoms with E-state index in [0.29, 0.717) is 11.4 Å². The van der Waals surface area contributed by atoms with Crippen molar-refractivity contribution in [1.29, 1.82) is 0 Å². The molecule has 0 saturated carbocycles. The van der Waals surface area contributed by atoms with Gasteiger partial charge in [0.2, 0.25) is 5.91 Å². The summed E-state index contributed by atoms with van der Waals surface area (Å²) >= 11 is 0.801. The first kappa shape index (κ1) is 23.5. The fourth-order valence-corrected chi connectivity index (χ4v) is 4.72. The van der Waals surface area contributed by atoms with Crippen LogP contribution in [0.25, 0.3) is 11.8 Å². The van der Waals surface area contributed by atoms with Crippen molar-refractivity contribution in [3.63, 3.8) is 0 Å². The lowest BCUT2D eigenvalue weighted by Crippen LogP contribution is -2.36. The number of aromatic nitrogens is 1. The van der Waals surface area contributed by atoms with Crippen molar-refractivity contribution in [2.24, 2.45) is 0 Å². The van der Waals surface area contributed by atoms with Gasteiger partial charge < -0.3 is 9.88 Å². The number of hydrogen-bond donors (Lipinski definition) is 1. The molecule has 3 amide bonds. The summed E-state index contributed by atoms with van der Waals surface area (Å²) in [6.45, 7) is 7.31. The minimum absolute atomic E-state index is 0.239. The molecule has 0 spiro atoms. The lowest BCUT2D eigenvalue weighted by Gasteiger charge is -2.13. The van der Waals surface area contributed by atoms with Crippen molar-refractivity contribution in [2.75, 3.05) is 11.9 Å². The molecule has 2 aromatic carbocycles. The first-order valence-corrected chi connectivity index (χ1v) is 11.5. The number of benzene rings is 2. The van der Waals surface area contributed by atoms with E-state index in [1.54, 1.807) is 24.3 Å². The van der Waals surface area contributed by atoms with E-state index in [1.807, 2.05) is 50.5 Å². The molecule has 1 aliphatic rings. The fourth-order valence-electron chi connectivity index (χ4n) is 3.89. The Morgan fingerprint density at radius 3 is 2.50 bits per heavy atom. The summed E-state index contributed by atoms with van der Waals surface area (Å²) < 4.78 is 15.6. The van der Waals surface area contributed by atoms with Gasteiger partial charge in [0, 0.05) is 22.8 Å². The topological polar surface area (TPSA) is 71.4 Å². The van der Waals surface area contributed by atoms with E-state index in [1.165, 1.54) is 12.1 Å². The average Bonchev–Trinajstić information content (AvgIpc) is 3.20. The molecule has 0 atom stereocenters. The van der Waals surface area contributed by atoms with Crippen LogP contribution in [-0.2, 0) is 9.59 Å². The van der Waals surface area contributed by atoms with E-state index in [0.717, 1.165) is 44.7 Å². The molecule has 0 unspecified atom stereocenters. The highest BCUT2D eigenvalue weighted by Crippen LogP contribution is 2.33. The number of aryl methyl sites for hydroxylation is 3. The molecular formula is C26H24FN3O3S. The molecule has 1 fully saturated rings. The van der Waals surface area contributed by atoms with Gasteiger partial charge in [0.05, 0.1) is 4.91 Å². The van der Waals surface area contributed by atoms with Crippen LogP contribution in [0.4, 0.5) is 14.9 Å². The number of nitrogens with one attached hydrogen (secondary N) is 1. The Morgan fingerprint density at radius 2 is 1.79 bits per heavy atom. The quantitative estimate of drug-likeness (QED) is 0.491. The van der Waals surface area contributed by atoms with Crippen molar-refractivity contribution < 1.29 is 18.8 Å². The highest BCUT2D eigenvalue weighted by Gasteiger charge is 2.36. The van der Waals surface area contributed by atoms with E-state index >= 15 is 0 Å². The predicted molar refractivity (Wildman–Crippen MR) is 132 cm³/mol. The van der Waals surface area contributed by atoms with E-state index in [2.05, 4.69) is 5.32 Å². The summed E-state index contributed by atoms with van der Waals surface area (Å²) in [6.07, 6.45) is 1.64. The highest BCUT2D eigenvalue weighted by atomic mass is 32.2. The van der Waals surface area contributed by atoms with E-state index in [-0.39, 0.29) is 17.3 Å². The molecule has 0 aliphatic carbocycles. The van der Waals surface area contributed by atoms with Gasteiger partial charge in [0.15, 0.2) is 0 Å². The molecule has 1 aromatic heterocycles. The normalized spacial score (nSPS) is 14.9. The summed E-state index contributed by atoms with van der Waals surface area (Å²) in [5, 5.41) is 2.24. The summed E-state index contributed by atoms with van der Waals surface area (Å²) in [5.74, 6) is -1.30. The second-order valence-electron chi connectivity index (χ2n) is 8.26. The van der Waals surface area contributed by atoms with Crippen LogP contribution in [0, 0.1) is 33.5 Å². The second kappa shape index (κ2) is 9.30. The van der Waals surface area contributed by atoms with Crippen LogP contribution in [0.1, 0.15) is 28.1 Å². The van der Waals surface area contributed by atoms with Gasteiger partial charge in [-0.05, 0) is 98.6 Å². The third-order valence-corrected chi connectivity index (χ3v) is 6.70. The third kappa shape index (κ3) is 4.68. The molecular weight excluding hydrogens is 453 g/mol. The number of hydrogen-bond acceptors (Lipinski definition) is 4. The lowest BCUT2D eigenvalue weighted by molar-refractivity contribution is -0.127. The summed E-state index contributed by atoms with van der Waals surface area (Å²) in [4.78, 5) is 39.1. The van der Waals surface area contributed by atoms with Gasteiger partial charge >= 0.3 is 0 Å². The van der Waals surface area contributed by atoms with Crippen LogP contribution in [0.3, 0.4) is 0 Å². The molecule has 6 nitrogen and oxygen atoms in total. The maximum absolute atomic E-state index is 13.7. The van der Waals surface area contributed by atoms with Gasteiger partial charge in [-0.3, -0.25) is 19.3 Å². The maximum atomic E-state index is 13.7. The maximum Gasteiger partial charge on any atom is 0.294 e. The molecule has 0 bridgehead atoms. The Kier molecular flexibility index (Phi) is 6.43. The van der Waals surface area contributed by atoms with Crippen LogP contribution in [-0.4, -0.2) is 33.1 Å². The number of anilines is 1. The van der Waals surface area contributed by atoms with Crippen LogP contribution in [0.2, 0.25) is 0 Å². The van der Waals surface area contributed by atoms with Gasteiger partial charge in [0.25, 0.3) is 11.1 Å². The molecule has 1 N–H and O–H groups in total. The van der Waals surface area contributed by atoms with Gasteiger partial charge in [-0.1, -0.05) is 12.1 Å². The Balaban J connectivity index is 1.52. The molecule has 174 valence electrons. The highest BCUT2D eigenvalue weighted by molar-refractivity contribution is 8.18. The van der Waals surface area contributed by atoms with Crippen LogP contribution in [0.15, 0.2) is 53.4 Å². The number of imide groups is 1. The molecule has 8 heteroatoms. The number of amides is 3. The molecule has 0 radical (unpaired) electrons. The SMILES string of the molecule is Cc1ccc(NC(=O)CN2C(=O)S/C(=C\c3cc(C)n(-c4cccc(F)c4)c3C)C2=O)cc1C. The third-order valence-electron chi connectivity index (χ3n) is 5.79. The zero-order valence-electron chi connectivity index (χ0n) is 19.3. The molecule has 34 heavy (non-hydrogen) atoms. The number of nitrogens with zero attached hydrogens (tertiary/aromatic N) is 2. The fraction of sp³-hybridized carbons (Fsp3) is 0.192. The van der Waals surface area contributed by atoms with Crippen LogP contribution >= 0.6 is 11.8 Å². The monoisotopic (exact) mass is 477 g/mol. The van der Waals surface area contributed by atoms with Gasteiger partial charge in [-0.15, -0.1) is 0 Å². The zero-order chi connectivity index (χ0) is 24.6. The average molecular weight is 478 g/mol. The smallest absolute Gasteiger partial charge is 0.294 e.